The topological polar surface area (TPSA) is 0 Å². The number of fused-ring (bicyclic) bond motifs is 1. The zero-order chi connectivity index (χ0) is 9.26. The van der Waals surface area contributed by atoms with Gasteiger partial charge in [-0.05, 0) is 12.8 Å². The minimum absolute atomic E-state index is 0. The summed E-state index contributed by atoms with van der Waals surface area (Å²) in [5, 5.41) is 2.83. The monoisotopic (exact) mass is 219 g/mol. The Morgan fingerprint density at radius 2 is 1.86 bits per heavy atom. The Hall–Kier alpha value is -0.456. The SMILES string of the molecule is CCc1ccc2[cH-]ccc2c1CC.[Ti]. The van der Waals surface area contributed by atoms with Crippen LogP contribution in [0.15, 0.2) is 30.3 Å². The van der Waals surface area contributed by atoms with E-state index < -0.39 is 0 Å². The van der Waals surface area contributed by atoms with Crippen LogP contribution in [-0.2, 0) is 34.6 Å². The third-order valence-electron chi connectivity index (χ3n) is 2.76. The van der Waals surface area contributed by atoms with Crippen LogP contribution in [0.5, 0.6) is 0 Å². The molecule has 0 aliphatic heterocycles. The summed E-state index contributed by atoms with van der Waals surface area (Å²) in [6, 6.07) is 11.1. The van der Waals surface area contributed by atoms with Gasteiger partial charge in [0.2, 0.25) is 0 Å². The second-order valence-electron chi connectivity index (χ2n) is 3.44. The Balaban J connectivity index is 0.000000980. The van der Waals surface area contributed by atoms with Crippen LogP contribution in [0, 0.1) is 0 Å². The van der Waals surface area contributed by atoms with Gasteiger partial charge in [-0.1, -0.05) is 25.0 Å². The van der Waals surface area contributed by atoms with Crippen molar-refractivity contribution in [2.24, 2.45) is 0 Å². The third kappa shape index (κ3) is 1.82. The van der Waals surface area contributed by atoms with Crippen molar-refractivity contribution in [2.45, 2.75) is 26.7 Å². The molecule has 2 aromatic rings. The van der Waals surface area contributed by atoms with Gasteiger partial charge in [-0.25, -0.2) is 0 Å². The largest absolute Gasteiger partial charge is 0.168 e. The van der Waals surface area contributed by atoms with E-state index in [0.717, 1.165) is 12.8 Å². The van der Waals surface area contributed by atoms with E-state index in [-0.39, 0.29) is 21.7 Å². The molecule has 0 fully saturated rings. The summed E-state index contributed by atoms with van der Waals surface area (Å²) in [5.41, 5.74) is 3.03. The molecule has 0 N–H and O–H groups in total. The fraction of sp³-hybridized carbons (Fsp3) is 0.308. The van der Waals surface area contributed by atoms with Gasteiger partial charge in [0.25, 0.3) is 0 Å². The molecular formula is C13H15Ti-. The summed E-state index contributed by atoms with van der Waals surface area (Å²) in [7, 11) is 0. The van der Waals surface area contributed by atoms with Crippen LogP contribution >= 0.6 is 0 Å². The molecule has 0 spiro atoms. The zero-order valence-electron chi connectivity index (χ0n) is 8.80. The second kappa shape index (κ2) is 4.86. The second-order valence-corrected chi connectivity index (χ2v) is 3.44. The fourth-order valence-corrected chi connectivity index (χ4v) is 2.07. The van der Waals surface area contributed by atoms with Crippen LogP contribution in [0.1, 0.15) is 25.0 Å². The molecule has 2 aromatic carbocycles. The fourth-order valence-electron chi connectivity index (χ4n) is 2.07. The molecule has 0 aliphatic carbocycles. The smallest absolute Gasteiger partial charge is 0 e. The summed E-state index contributed by atoms with van der Waals surface area (Å²) in [6.07, 6.45) is 2.29. The molecular weight excluding hydrogens is 204 g/mol. The van der Waals surface area contributed by atoms with Crippen molar-refractivity contribution in [1.29, 1.82) is 0 Å². The number of aryl methyl sites for hydroxylation is 2. The molecule has 0 bridgehead atoms. The molecule has 0 radical (unpaired) electrons. The predicted octanol–water partition coefficient (Wildman–Crippen LogP) is 3.68. The average molecular weight is 219 g/mol. The van der Waals surface area contributed by atoms with Gasteiger partial charge in [-0.2, -0.15) is 12.1 Å². The summed E-state index contributed by atoms with van der Waals surface area (Å²) in [5.74, 6) is 0. The maximum absolute atomic E-state index is 2.27. The molecule has 72 valence electrons. The summed E-state index contributed by atoms with van der Waals surface area (Å²) in [4.78, 5) is 0. The van der Waals surface area contributed by atoms with E-state index >= 15 is 0 Å². The van der Waals surface area contributed by atoms with Crippen molar-refractivity contribution < 1.29 is 21.7 Å². The van der Waals surface area contributed by atoms with Crippen molar-refractivity contribution in [3.8, 4) is 0 Å². The Labute approximate surface area is 101 Å². The van der Waals surface area contributed by atoms with Gasteiger partial charge in [0.15, 0.2) is 0 Å². The van der Waals surface area contributed by atoms with Crippen LogP contribution in [-0.4, -0.2) is 0 Å². The van der Waals surface area contributed by atoms with E-state index in [1.54, 1.807) is 0 Å². The predicted molar refractivity (Wildman–Crippen MR) is 58.3 cm³/mol. The van der Waals surface area contributed by atoms with Gasteiger partial charge in [0, 0.05) is 21.7 Å². The van der Waals surface area contributed by atoms with Crippen LogP contribution in [0.2, 0.25) is 0 Å². The average Bonchev–Trinajstić information content (AvgIpc) is 2.63. The molecule has 0 heterocycles. The Kier molecular flexibility index (Phi) is 4.03. The first-order valence-electron chi connectivity index (χ1n) is 5.03. The Bertz CT molecular complexity index is 412. The first-order valence-corrected chi connectivity index (χ1v) is 5.03. The van der Waals surface area contributed by atoms with Crippen molar-refractivity contribution in [3.63, 3.8) is 0 Å². The van der Waals surface area contributed by atoms with E-state index in [9.17, 15) is 0 Å². The molecule has 0 atom stereocenters. The molecule has 14 heavy (non-hydrogen) atoms. The van der Waals surface area contributed by atoms with E-state index in [1.807, 2.05) is 0 Å². The van der Waals surface area contributed by atoms with E-state index in [2.05, 4.69) is 44.2 Å². The third-order valence-corrected chi connectivity index (χ3v) is 2.76. The molecule has 0 nitrogen and oxygen atoms in total. The van der Waals surface area contributed by atoms with Gasteiger partial charge in [-0.3, -0.25) is 0 Å². The molecule has 0 saturated heterocycles. The molecule has 0 aromatic heterocycles. The Morgan fingerprint density at radius 3 is 2.50 bits per heavy atom. The van der Waals surface area contributed by atoms with Crippen LogP contribution in [0.4, 0.5) is 0 Å². The molecule has 0 unspecified atom stereocenters. The molecule has 0 aliphatic rings. The van der Waals surface area contributed by atoms with Gasteiger partial charge < -0.3 is 0 Å². The van der Waals surface area contributed by atoms with Crippen molar-refractivity contribution in [1.82, 2.24) is 0 Å². The first kappa shape index (κ1) is 11.6. The maximum Gasteiger partial charge on any atom is 0 e. The van der Waals surface area contributed by atoms with E-state index in [0.29, 0.717) is 0 Å². The van der Waals surface area contributed by atoms with Crippen molar-refractivity contribution in [3.05, 3.63) is 41.5 Å². The maximum atomic E-state index is 2.27. The van der Waals surface area contributed by atoms with Gasteiger partial charge >= 0.3 is 0 Å². The summed E-state index contributed by atoms with van der Waals surface area (Å²) < 4.78 is 0. The number of rotatable bonds is 2. The minimum Gasteiger partial charge on any atom is -0.168 e. The Morgan fingerprint density at radius 1 is 1.07 bits per heavy atom. The van der Waals surface area contributed by atoms with Gasteiger partial charge in [0.05, 0.1) is 0 Å². The van der Waals surface area contributed by atoms with Crippen molar-refractivity contribution >= 4 is 10.8 Å². The molecule has 0 saturated carbocycles. The van der Waals surface area contributed by atoms with Gasteiger partial charge in [0.1, 0.15) is 0 Å². The van der Waals surface area contributed by atoms with E-state index in [1.165, 1.54) is 21.9 Å². The summed E-state index contributed by atoms with van der Waals surface area (Å²) in [6.45, 7) is 4.46. The van der Waals surface area contributed by atoms with Crippen LogP contribution in [0.25, 0.3) is 10.8 Å². The van der Waals surface area contributed by atoms with Crippen LogP contribution < -0.4 is 0 Å². The number of hydrogen-bond donors (Lipinski definition) is 0. The standard InChI is InChI=1S/C13H15.Ti/c1-3-10-8-9-11-6-5-7-13(11)12(10)4-2;/h5-9H,3-4H2,1-2H3;/q-1;. The van der Waals surface area contributed by atoms with Gasteiger partial charge in [-0.15, -0.1) is 29.0 Å². The molecule has 2 rings (SSSR count). The number of hydrogen-bond acceptors (Lipinski definition) is 0. The zero-order valence-corrected chi connectivity index (χ0v) is 10.4. The quantitative estimate of drug-likeness (QED) is 0.533. The molecule has 0 amide bonds. The number of benzene rings is 1. The van der Waals surface area contributed by atoms with Crippen LogP contribution in [0.3, 0.4) is 0 Å². The normalized spacial score (nSPS) is 10.1. The molecule has 1 heteroatoms. The minimum atomic E-state index is 0. The first-order chi connectivity index (χ1) is 6.36. The van der Waals surface area contributed by atoms with Crippen molar-refractivity contribution in [2.75, 3.05) is 0 Å². The van der Waals surface area contributed by atoms with E-state index in [4.69, 9.17) is 0 Å². The summed E-state index contributed by atoms with van der Waals surface area (Å²) >= 11 is 0.